The van der Waals surface area contributed by atoms with Crippen LogP contribution >= 0.6 is 23.4 Å². The lowest BCUT2D eigenvalue weighted by Crippen LogP contribution is -2.49. The van der Waals surface area contributed by atoms with Gasteiger partial charge in [-0.05, 0) is 73.9 Å². The summed E-state index contributed by atoms with van der Waals surface area (Å²) >= 11 is 7.95. The van der Waals surface area contributed by atoms with Crippen molar-refractivity contribution in [3.05, 3.63) is 81.9 Å². The van der Waals surface area contributed by atoms with Gasteiger partial charge in [-0.2, -0.15) is 0 Å². The lowest BCUT2D eigenvalue weighted by molar-refractivity contribution is 0.0746. The molecule has 4 nitrogen and oxygen atoms in total. The van der Waals surface area contributed by atoms with Gasteiger partial charge in [0.2, 0.25) is 0 Å². The van der Waals surface area contributed by atoms with Crippen LogP contribution in [-0.4, -0.2) is 42.7 Å². The van der Waals surface area contributed by atoms with Gasteiger partial charge in [0.25, 0.3) is 5.91 Å². The number of aryl methyl sites for hydroxylation is 2. The second kappa shape index (κ2) is 9.47. The second-order valence-corrected chi connectivity index (χ2v) is 10.4. The number of anilines is 1. The maximum absolute atomic E-state index is 13.4. The molecule has 2 aliphatic rings. The van der Waals surface area contributed by atoms with Crippen LogP contribution in [0.25, 0.3) is 0 Å². The number of halogens is 1. The summed E-state index contributed by atoms with van der Waals surface area (Å²) < 4.78 is 0. The van der Waals surface area contributed by atoms with Crippen molar-refractivity contribution >= 4 is 46.4 Å². The number of amides is 1. The highest BCUT2D eigenvalue weighted by Crippen LogP contribution is 2.42. The van der Waals surface area contributed by atoms with Crippen LogP contribution in [0.5, 0.6) is 0 Å². The molecule has 0 N–H and O–H groups in total. The maximum Gasteiger partial charge on any atom is 0.254 e. The first-order valence-electron chi connectivity index (χ1n) is 11.7. The molecule has 0 bridgehead atoms. The summed E-state index contributed by atoms with van der Waals surface area (Å²) in [4.78, 5) is 24.9. The number of carbonyl (C=O) groups excluding carboxylic acids is 1. The number of hydrogen-bond acceptors (Lipinski definition) is 4. The number of piperazine rings is 1. The Labute approximate surface area is 210 Å². The number of hydrogen-bond donors (Lipinski definition) is 0. The van der Waals surface area contributed by atoms with Crippen molar-refractivity contribution in [2.45, 2.75) is 37.0 Å². The largest absolute Gasteiger partial charge is 0.368 e. The summed E-state index contributed by atoms with van der Waals surface area (Å²) in [5.74, 6) is 0.0754. The van der Waals surface area contributed by atoms with Crippen LogP contribution in [0.4, 0.5) is 11.4 Å². The van der Waals surface area contributed by atoms with Crippen molar-refractivity contribution in [1.82, 2.24) is 4.90 Å². The van der Waals surface area contributed by atoms with E-state index in [9.17, 15) is 4.79 Å². The van der Waals surface area contributed by atoms with E-state index in [2.05, 4.69) is 49.9 Å². The number of benzene rings is 3. The predicted molar refractivity (Wildman–Crippen MR) is 143 cm³/mol. The zero-order chi connectivity index (χ0) is 23.8. The molecule has 0 aliphatic carbocycles. The highest BCUT2D eigenvalue weighted by atomic mass is 35.5. The molecule has 0 saturated carbocycles. The minimum Gasteiger partial charge on any atom is -0.368 e. The first-order chi connectivity index (χ1) is 16.4. The minimum absolute atomic E-state index is 0.0754. The van der Waals surface area contributed by atoms with Crippen LogP contribution in [0.2, 0.25) is 5.02 Å². The predicted octanol–water partition coefficient (Wildman–Crippen LogP) is 6.91. The summed E-state index contributed by atoms with van der Waals surface area (Å²) in [6.45, 7) is 9.48. The van der Waals surface area contributed by atoms with Gasteiger partial charge in [0.15, 0.2) is 0 Å². The molecule has 0 unspecified atom stereocenters. The average Bonchev–Trinajstić information content (AvgIpc) is 3.01. The quantitative estimate of drug-likeness (QED) is 0.400. The Balaban J connectivity index is 1.36. The molecular weight excluding hydrogens is 462 g/mol. The molecule has 0 spiro atoms. The molecule has 5 rings (SSSR count). The van der Waals surface area contributed by atoms with Crippen molar-refractivity contribution < 1.29 is 4.79 Å². The van der Waals surface area contributed by atoms with E-state index in [-0.39, 0.29) is 5.91 Å². The molecule has 6 heteroatoms. The molecule has 2 aliphatic heterocycles. The third kappa shape index (κ3) is 4.47. The fraction of sp³-hybridized carbons (Fsp3) is 0.286. The topological polar surface area (TPSA) is 35.9 Å². The van der Waals surface area contributed by atoms with Crippen LogP contribution in [0.3, 0.4) is 0 Å². The zero-order valence-electron chi connectivity index (χ0n) is 19.8. The van der Waals surface area contributed by atoms with Gasteiger partial charge in [0.05, 0.1) is 5.69 Å². The van der Waals surface area contributed by atoms with E-state index in [4.69, 9.17) is 16.6 Å². The molecule has 174 valence electrons. The molecule has 0 atom stereocenters. The molecule has 2 heterocycles. The van der Waals surface area contributed by atoms with Crippen molar-refractivity contribution in [2.24, 2.45) is 4.99 Å². The smallest absolute Gasteiger partial charge is 0.254 e. The zero-order valence-corrected chi connectivity index (χ0v) is 21.3. The number of fused-ring (bicyclic) bond motifs is 2. The van der Waals surface area contributed by atoms with Crippen LogP contribution in [0.15, 0.2) is 69.4 Å². The van der Waals surface area contributed by atoms with E-state index in [1.807, 2.05) is 35.2 Å². The summed E-state index contributed by atoms with van der Waals surface area (Å²) in [7, 11) is 0. The summed E-state index contributed by atoms with van der Waals surface area (Å²) in [5, 5.41) is 0.710. The molecule has 0 radical (unpaired) electrons. The molecule has 3 aromatic rings. The van der Waals surface area contributed by atoms with E-state index >= 15 is 0 Å². The van der Waals surface area contributed by atoms with Gasteiger partial charge in [-0.25, -0.2) is 0 Å². The number of nitrogens with zero attached hydrogens (tertiary/aromatic N) is 3. The first-order valence-corrected chi connectivity index (χ1v) is 12.9. The van der Waals surface area contributed by atoms with Gasteiger partial charge in [-0.3, -0.25) is 9.79 Å². The molecule has 34 heavy (non-hydrogen) atoms. The van der Waals surface area contributed by atoms with Crippen molar-refractivity contribution in [3.63, 3.8) is 0 Å². The molecule has 1 amide bonds. The van der Waals surface area contributed by atoms with Gasteiger partial charge in [-0.15, -0.1) is 0 Å². The highest BCUT2D eigenvalue weighted by molar-refractivity contribution is 7.99. The standard InChI is InChI=1S/C28H28ClN3OS/c1-4-23-22-17-21(29)8-10-26(22)34-27-9-7-20(16-24(27)30-23)28(33)32-13-11-31(12-14-32)25-15-18(2)5-6-19(25)3/h5-10,15-17H,4,11-14H2,1-3H3. The fourth-order valence-corrected chi connectivity index (χ4v) is 5.80. The maximum atomic E-state index is 13.4. The van der Waals surface area contributed by atoms with Crippen molar-refractivity contribution in [3.8, 4) is 0 Å². The monoisotopic (exact) mass is 489 g/mol. The van der Waals surface area contributed by atoms with Gasteiger partial charge >= 0.3 is 0 Å². The summed E-state index contributed by atoms with van der Waals surface area (Å²) in [6.07, 6.45) is 0.797. The third-order valence-electron chi connectivity index (χ3n) is 6.54. The van der Waals surface area contributed by atoms with Crippen LogP contribution < -0.4 is 4.90 Å². The van der Waals surface area contributed by atoms with Gasteiger partial charge < -0.3 is 9.80 Å². The summed E-state index contributed by atoms with van der Waals surface area (Å²) in [5.41, 5.74) is 7.44. The fourth-order valence-electron chi connectivity index (χ4n) is 4.63. The second-order valence-electron chi connectivity index (χ2n) is 8.91. The Kier molecular flexibility index (Phi) is 6.41. The van der Waals surface area contributed by atoms with Gasteiger partial charge in [0, 0.05) is 63.5 Å². The lowest BCUT2D eigenvalue weighted by atomic mass is 10.1. The lowest BCUT2D eigenvalue weighted by Gasteiger charge is -2.37. The van der Waals surface area contributed by atoms with Crippen molar-refractivity contribution in [1.29, 1.82) is 0 Å². The number of aliphatic imine (C=N–C) groups is 1. The summed E-state index contributed by atoms with van der Waals surface area (Å²) in [6, 6.07) is 18.4. The molecular formula is C28H28ClN3OS. The molecule has 0 aromatic heterocycles. The van der Waals surface area contributed by atoms with E-state index in [1.54, 1.807) is 11.8 Å². The average molecular weight is 490 g/mol. The van der Waals surface area contributed by atoms with Crippen molar-refractivity contribution in [2.75, 3.05) is 31.1 Å². The Bertz CT molecular complexity index is 1290. The Hall–Kier alpha value is -2.76. The van der Waals surface area contributed by atoms with Gasteiger partial charge in [0.1, 0.15) is 0 Å². The van der Waals surface area contributed by atoms with E-state index in [0.717, 1.165) is 46.3 Å². The SMILES string of the molecule is CCC1=Nc2cc(C(=O)N3CCN(c4cc(C)ccc4C)CC3)ccc2Sc2ccc(Cl)cc21. The van der Waals surface area contributed by atoms with Crippen LogP contribution in [-0.2, 0) is 0 Å². The van der Waals surface area contributed by atoms with Gasteiger partial charge in [-0.1, -0.05) is 42.4 Å². The third-order valence-corrected chi connectivity index (χ3v) is 7.92. The Morgan fingerprint density at radius 2 is 1.74 bits per heavy atom. The minimum atomic E-state index is 0.0754. The van der Waals surface area contributed by atoms with Crippen LogP contribution in [0.1, 0.15) is 40.4 Å². The van der Waals surface area contributed by atoms with Crippen LogP contribution in [0, 0.1) is 13.8 Å². The van der Waals surface area contributed by atoms with E-state index in [1.165, 1.54) is 16.8 Å². The highest BCUT2D eigenvalue weighted by Gasteiger charge is 2.25. The van der Waals surface area contributed by atoms with E-state index in [0.29, 0.717) is 23.7 Å². The number of carbonyl (C=O) groups is 1. The Morgan fingerprint density at radius 1 is 0.971 bits per heavy atom. The molecule has 3 aromatic carbocycles. The molecule has 1 saturated heterocycles. The van der Waals surface area contributed by atoms with E-state index < -0.39 is 0 Å². The Morgan fingerprint density at radius 3 is 2.50 bits per heavy atom. The first kappa shape index (κ1) is 23.0. The molecule has 1 fully saturated rings. The normalized spacial score (nSPS) is 15.4. The number of rotatable bonds is 3.